The number of likely N-dealkylation sites (tertiary alicyclic amines) is 1. The number of rotatable bonds is 5. The van der Waals surface area contributed by atoms with Gasteiger partial charge in [0.1, 0.15) is 5.75 Å². The average molecular weight is 344 g/mol. The second-order valence-corrected chi connectivity index (χ2v) is 6.93. The van der Waals surface area contributed by atoms with Crippen molar-refractivity contribution in [3.63, 3.8) is 0 Å². The van der Waals surface area contributed by atoms with Crippen LogP contribution < -0.4 is 10.1 Å². The van der Waals surface area contributed by atoms with Crippen molar-refractivity contribution < 1.29 is 14.3 Å². The van der Waals surface area contributed by atoms with E-state index in [1.807, 2.05) is 12.1 Å². The molecule has 0 unspecified atom stereocenters. The number of carbonyl (C=O) groups excluding carboxylic acids is 1. The van der Waals surface area contributed by atoms with E-state index < -0.39 is 0 Å². The number of ether oxygens (including phenoxy) is 2. The van der Waals surface area contributed by atoms with Crippen molar-refractivity contribution in [2.75, 3.05) is 33.9 Å². The Balaban J connectivity index is 1.66. The summed E-state index contributed by atoms with van der Waals surface area (Å²) in [7, 11) is 3.85. The third-order valence-electron chi connectivity index (χ3n) is 5.21. The van der Waals surface area contributed by atoms with Crippen molar-refractivity contribution in [3.05, 3.63) is 41.7 Å². The molecule has 1 aromatic rings. The number of hydrogen-bond acceptors (Lipinski definition) is 4. The van der Waals surface area contributed by atoms with E-state index in [0.29, 0.717) is 25.1 Å². The molecule has 2 aliphatic rings. The highest BCUT2D eigenvalue weighted by Gasteiger charge is 2.31. The molecule has 136 valence electrons. The molecule has 2 aliphatic heterocycles. The Bertz CT molecular complexity index is 612. The van der Waals surface area contributed by atoms with Crippen molar-refractivity contribution in [3.8, 4) is 5.75 Å². The summed E-state index contributed by atoms with van der Waals surface area (Å²) >= 11 is 0. The summed E-state index contributed by atoms with van der Waals surface area (Å²) in [5, 5.41) is 3.13. The van der Waals surface area contributed by atoms with Crippen LogP contribution in [0, 0.1) is 5.92 Å². The van der Waals surface area contributed by atoms with Gasteiger partial charge < -0.3 is 14.8 Å². The van der Waals surface area contributed by atoms with Crippen molar-refractivity contribution in [1.82, 2.24) is 10.2 Å². The van der Waals surface area contributed by atoms with Crippen LogP contribution >= 0.6 is 0 Å². The molecule has 5 nitrogen and oxygen atoms in total. The molecule has 0 radical (unpaired) electrons. The topological polar surface area (TPSA) is 50.8 Å². The minimum Gasteiger partial charge on any atom is -0.501 e. The number of nitrogens with one attached hydrogen (secondary N) is 1. The van der Waals surface area contributed by atoms with Crippen LogP contribution in [0.3, 0.4) is 0 Å². The molecule has 0 saturated carbocycles. The van der Waals surface area contributed by atoms with Crippen LogP contribution in [0.5, 0.6) is 5.75 Å². The van der Waals surface area contributed by atoms with E-state index in [1.54, 1.807) is 13.4 Å². The fourth-order valence-corrected chi connectivity index (χ4v) is 3.87. The number of hydrogen-bond donors (Lipinski definition) is 1. The average Bonchev–Trinajstić information content (AvgIpc) is 2.67. The summed E-state index contributed by atoms with van der Waals surface area (Å²) in [6.45, 7) is 2.49. The van der Waals surface area contributed by atoms with Gasteiger partial charge in [0.2, 0.25) is 5.91 Å². The Kier molecular flexibility index (Phi) is 5.97. The van der Waals surface area contributed by atoms with Gasteiger partial charge in [0.25, 0.3) is 0 Å². The van der Waals surface area contributed by atoms with E-state index in [-0.39, 0.29) is 5.91 Å². The van der Waals surface area contributed by atoms with E-state index in [9.17, 15) is 4.79 Å². The Hall–Kier alpha value is -2.01. The Labute approximate surface area is 150 Å². The molecule has 2 heterocycles. The molecular formula is C20H28N2O3. The van der Waals surface area contributed by atoms with E-state index in [1.165, 1.54) is 5.56 Å². The van der Waals surface area contributed by atoms with Crippen LogP contribution in [0.15, 0.2) is 36.1 Å². The summed E-state index contributed by atoms with van der Waals surface area (Å²) in [5.74, 6) is 1.29. The van der Waals surface area contributed by atoms with Gasteiger partial charge in [0.15, 0.2) is 0 Å². The predicted octanol–water partition coefficient (Wildman–Crippen LogP) is 2.89. The fraction of sp³-hybridized carbons (Fsp3) is 0.550. The van der Waals surface area contributed by atoms with E-state index in [4.69, 9.17) is 9.47 Å². The minimum absolute atomic E-state index is 0.0152. The van der Waals surface area contributed by atoms with Crippen molar-refractivity contribution in [2.45, 2.75) is 31.7 Å². The zero-order valence-corrected chi connectivity index (χ0v) is 15.2. The monoisotopic (exact) mass is 344 g/mol. The lowest BCUT2D eigenvalue weighted by atomic mass is 9.84. The maximum atomic E-state index is 12.4. The lowest BCUT2D eigenvalue weighted by Gasteiger charge is -2.39. The summed E-state index contributed by atoms with van der Waals surface area (Å²) in [6, 6.07) is 8.61. The second-order valence-electron chi connectivity index (χ2n) is 6.93. The quantitative estimate of drug-likeness (QED) is 0.892. The smallest absolute Gasteiger partial charge is 0.250 e. The van der Waals surface area contributed by atoms with Gasteiger partial charge in [-0.15, -0.1) is 0 Å². The SMILES string of the molecule is COc1ccc([C@H]2[C@@H](CNC(=O)C3=COCCC3)CCCN2C)cc1. The Morgan fingerprint density at radius 3 is 2.80 bits per heavy atom. The summed E-state index contributed by atoms with van der Waals surface area (Å²) in [5.41, 5.74) is 2.04. The minimum atomic E-state index is 0.0152. The van der Waals surface area contributed by atoms with Gasteiger partial charge in [-0.2, -0.15) is 0 Å². The van der Waals surface area contributed by atoms with Crippen LogP contribution in [0.1, 0.15) is 37.3 Å². The zero-order valence-electron chi connectivity index (χ0n) is 15.2. The first-order valence-electron chi connectivity index (χ1n) is 9.12. The third kappa shape index (κ3) is 4.34. The van der Waals surface area contributed by atoms with Gasteiger partial charge in [-0.1, -0.05) is 12.1 Å². The molecule has 25 heavy (non-hydrogen) atoms. The standard InChI is InChI=1S/C20H28N2O3/c1-22-11-3-5-16(13-21-20(23)17-6-4-12-25-14-17)19(22)15-7-9-18(24-2)10-8-15/h7-10,14,16,19H,3-6,11-13H2,1-2H3,(H,21,23)/t16-,19+/m1/s1. The zero-order chi connectivity index (χ0) is 17.6. The van der Waals surface area contributed by atoms with Crippen LogP contribution in [-0.2, 0) is 9.53 Å². The molecular weight excluding hydrogens is 316 g/mol. The molecule has 0 aliphatic carbocycles. The summed E-state index contributed by atoms with van der Waals surface area (Å²) in [6.07, 6.45) is 5.62. The first-order chi connectivity index (χ1) is 12.2. The largest absolute Gasteiger partial charge is 0.501 e. The highest BCUT2D eigenvalue weighted by Crippen LogP contribution is 2.35. The third-order valence-corrected chi connectivity index (χ3v) is 5.21. The maximum absolute atomic E-state index is 12.4. The first kappa shape index (κ1) is 17.8. The molecule has 1 aromatic carbocycles. The second kappa shape index (κ2) is 8.39. The van der Waals surface area contributed by atoms with Gasteiger partial charge >= 0.3 is 0 Å². The number of amides is 1. The number of nitrogens with zero attached hydrogens (tertiary/aromatic N) is 1. The van der Waals surface area contributed by atoms with Crippen molar-refractivity contribution >= 4 is 5.91 Å². The van der Waals surface area contributed by atoms with Gasteiger partial charge in [-0.25, -0.2) is 0 Å². The van der Waals surface area contributed by atoms with Gasteiger partial charge in [-0.05, 0) is 62.9 Å². The number of piperidine rings is 1. The van der Waals surface area contributed by atoms with Crippen LogP contribution in [0.25, 0.3) is 0 Å². The highest BCUT2D eigenvalue weighted by molar-refractivity contribution is 5.93. The molecule has 1 N–H and O–H groups in total. The molecule has 2 atom stereocenters. The van der Waals surface area contributed by atoms with Crippen LogP contribution in [0.4, 0.5) is 0 Å². The fourth-order valence-electron chi connectivity index (χ4n) is 3.87. The highest BCUT2D eigenvalue weighted by atomic mass is 16.5. The number of carbonyl (C=O) groups is 1. The van der Waals surface area contributed by atoms with E-state index >= 15 is 0 Å². The Morgan fingerprint density at radius 2 is 2.12 bits per heavy atom. The molecule has 0 bridgehead atoms. The lowest BCUT2D eigenvalue weighted by Crippen LogP contribution is -2.42. The number of methoxy groups -OCH3 is 1. The molecule has 0 aromatic heterocycles. The molecule has 1 fully saturated rings. The van der Waals surface area contributed by atoms with Crippen molar-refractivity contribution in [1.29, 1.82) is 0 Å². The molecule has 1 amide bonds. The first-order valence-corrected chi connectivity index (χ1v) is 9.12. The maximum Gasteiger partial charge on any atom is 0.250 e. The van der Waals surface area contributed by atoms with E-state index in [2.05, 4.69) is 29.4 Å². The van der Waals surface area contributed by atoms with Crippen LogP contribution in [0.2, 0.25) is 0 Å². The molecule has 5 heteroatoms. The lowest BCUT2D eigenvalue weighted by molar-refractivity contribution is -0.118. The molecule has 3 rings (SSSR count). The van der Waals surface area contributed by atoms with Crippen molar-refractivity contribution in [2.24, 2.45) is 5.92 Å². The Morgan fingerprint density at radius 1 is 1.32 bits per heavy atom. The van der Waals surface area contributed by atoms with Gasteiger partial charge in [0, 0.05) is 12.6 Å². The van der Waals surface area contributed by atoms with Gasteiger partial charge in [0.05, 0.1) is 25.6 Å². The van der Waals surface area contributed by atoms with E-state index in [0.717, 1.165) is 43.6 Å². The normalized spacial score (nSPS) is 24.2. The molecule has 0 spiro atoms. The van der Waals surface area contributed by atoms with Gasteiger partial charge in [-0.3, -0.25) is 9.69 Å². The molecule has 1 saturated heterocycles. The summed E-state index contributed by atoms with van der Waals surface area (Å²) < 4.78 is 10.5. The number of benzene rings is 1. The summed E-state index contributed by atoms with van der Waals surface area (Å²) in [4.78, 5) is 14.8. The predicted molar refractivity (Wildman–Crippen MR) is 97.4 cm³/mol. The van der Waals surface area contributed by atoms with Crippen LogP contribution in [-0.4, -0.2) is 44.7 Å².